The molecule has 3 aromatic carbocycles. The third-order valence-corrected chi connectivity index (χ3v) is 4.99. The lowest BCUT2D eigenvalue weighted by atomic mass is 10.1. The molecular weight excluding hydrogens is 416 g/mol. The molecule has 2 N–H and O–H groups in total. The summed E-state index contributed by atoms with van der Waals surface area (Å²) in [7, 11) is 0. The molecule has 0 saturated carbocycles. The van der Waals surface area contributed by atoms with Crippen LogP contribution < -0.4 is 16.3 Å². The summed E-state index contributed by atoms with van der Waals surface area (Å²) in [6.07, 6.45) is 3.27. The number of anilines is 2. The van der Waals surface area contributed by atoms with Crippen LogP contribution in [0.1, 0.15) is 28.4 Å². The number of allylic oxidation sites excluding steroid dienone is 1. The fraction of sp³-hybridized carbons (Fsp3) is 0.0741. The number of rotatable bonds is 7. The van der Waals surface area contributed by atoms with Gasteiger partial charge in [0.1, 0.15) is 5.58 Å². The molecule has 0 aliphatic heterocycles. The van der Waals surface area contributed by atoms with E-state index in [1.165, 1.54) is 19.1 Å². The number of amides is 1. The quantitative estimate of drug-likeness (QED) is 0.233. The van der Waals surface area contributed by atoms with Crippen LogP contribution in [0.3, 0.4) is 0 Å². The van der Waals surface area contributed by atoms with Crippen LogP contribution in [-0.2, 0) is 11.3 Å². The number of carbonyl (C=O) groups is 2. The number of nitrogens with one attached hydrogen (secondary N) is 2. The minimum Gasteiger partial charge on any atom is -0.423 e. The maximum Gasteiger partial charge on any atom is 0.336 e. The largest absolute Gasteiger partial charge is 0.423 e. The molecule has 0 unspecified atom stereocenters. The average molecular weight is 438 g/mol. The molecule has 1 aromatic heterocycles. The minimum absolute atomic E-state index is 0.106. The van der Waals surface area contributed by atoms with Gasteiger partial charge in [0.15, 0.2) is 5.78 Å². The van der Waals surface area contributed by atoms with Crippen LogP contribution in [0.5, 0.6) is 0 Å². The van der Waals surface area contributed by atoms with Crippen molar-refractivity contribution in [1.29, 1.82) is 0 Å². The molecule has 0 radical (unpaired) electrons. The molecule has 164 valence electrons. The Balaban J connectivity index is 1.40. The van der Waals surface area contributed by atoms with Crippen LogP contribution in [-0.4, -0.2) is 11.7 Å². The Labute approximate surface area is 190 Å². The molecule has 1 amide bonds. The number of carbonyl (C=O) groups excluding carboxylic acids is 2. The summed E-state index contributed by atoms with van der Waals surface area (Å²) in [6.45, 7) is 2.01. The van der Waals surface area contributed by atoms with Crippen LogP contribution in [0, 0.1) is 0 Å². The number of fused-ring (bicyclic) bond motifs is 1. The maximum atomic E-state index is 12.6. The summed E-state index contributed by atoms with van der Waals surface area (Å²) in [6, 6.07) is 23.3. The highest BCUT2D eigenvalue weighted by atomic mass is 16.4. The summed E-state index contributed by atoms with van der Waals surface area (Å²) in [5.41, 5.74) is 4.18. The summed E-state index contributed by atoms with van der Waals surface area (Å²) < 4.78 is 5.16. The Kier molecular flexibility index (Phi) is 6.45. The van der Waals surface area contributed by atoms with E-state index in [0.717, 1.165) is 22.2 Å². The molecule has 4 aromatic rings. The summed E-state index contributed by atoms with van der Waals surface area (Å²) >= 11 is 0. The second-order valence-electron chi connectivity index (χ2n) is 7.56. The Hall–Kier alpha value is -4.45. The van der Waals surface area contributed by atoms with Gasteiger partial charge in [0.2, 0.25) is 5.91 Å². The van der Waals surface area contributed by atoms with Gasteiger partial charge in [-0.2, -0.15) is 0 Å². The van der Waals surface area contributed by atoms with Gasteiger partial charge in [-0.1, -0.05) is 36.4 Å². The van der Waals surface area contributed by atoms with E-state index < -0.39 is 0 Å². The summed E-state index contributed by atoms with van der Waals surface area (Å²) in [5, 5.41) is 6.89. The first-order chi connectivity index (χ1) is 16.0. The van der Waals surface area contributed by atoms with Crippen molar-refractivity contribution in [3.8, 4) is 0 Å². The number of hydrogen-bond donors (Lipinski definition) is 2. The van der Waals surface area contributed by atoms with Gasteiger partial charge in [0, 0.05) is 41.9 Å². The van der Waals surface area contributed by atoms with Crippen molar-refractivity contribution >= 4 is 40.1 Å². The highest BCUT2D eigenvalue weighted by Crippen LogP contribution is 2.17. The van der Waals surface area contributed by atoms with Crippen LogP contribution in [0.15, 0.2) is 94.2 Å². The number of benzene rings is 3. The molecule has 0 spiro atoms. The fourth-order valence-electron chi connectivity index (χ4n) is 3.37. The van der Waals surface area contributed by atoms with Gasteiger partial charge in [0.05, 0.1) is 0 Å². The zero-order valence-corrected chi connectivity index (χ0v) is 18.0. The Morgan fingerprint density at radius 1 is 0.909 bits per heavy atom. The third-order valence-electron chi connectivity index (χ3n) is 4.99. The normalized spacial score (nSPS) is 10.9. The van der Waals surface area contributed by atoms with Crippen molar-refractivity contribution in [2.45, 2.75) is 13.5 Å². The van der Waals surface area contributed by atoms with Gasteiger partial charge in [-0.3, -0.25) is 9.59 Å². The smallest absolute Gasteiger partial charge is 0.336 e. The molecule has 0 aliphatic carbocycles. The van der Waals surface area contributed by atoms with E-state index in [4.69, 9.17) is 4.42 Å². The fourth-order valence-corrected chi connectivity index (χ4v) is 3.37. The van der Waals surface area contributed by atoms with Crippen molar-refractivity contribution in [1.82, 2.24) is 0 Å². The van der Waals surface area contributed by atoms with E-state index in [9.17, 15) is 14.4 Å². The zero-order chi connectivity index (χ0) is 23.2. The second kappa shape index (κ2) is 9.78. The van der Waals surface area contributed by atoms with Gasteiger partial charge in [-0.05, 0) is 59.7 Å². The Morgan fingerprint density at radius 2 is 1.73 bits per heavy atom. The highest BCUT2D eigenvalue weighted by molar-refractivity contribution is 6.07. The lowest BCUT2D eigenvalue weighted by Crippen LogP contribution is -2.05. The van der Waals surface area contributed by atoms with E-state index in [1.54, 1.807) is 36.4 Å². The van der Waals surface area contributed by atoms with Crippen LogP contribution in [0.4, 0.5) is 11.4 Å². The van der Waals surface area contributed by atoms with Crippen molar-refractivity contribution in [2.75, 3.05) is 10.6 Å². The lowest BCUT2D eigenvalue weighted by Gasteiger charge is -2.08. The van der Waals surface area contributed by atoms with Crippen LogP contribution >= 0.6 is 0 Å². The van der Waals surface area contributed by atoms with E-state index in [2.05, 4.69) is 10.6 Å². The van der Waals surface area contributed by atoms with Crippen LogP contribution in [0.25, 0.3) is 17.0 Å². The monoisotopic (exact) mass is 438 g/mol. The van der Waals surface area contributed by atoms with Gasteiger partial charge in [0.25, 0.3) is 0 Å². The molecule has 0 fully saturated rings. The van der Waals surface area contributed by atoms with E-state index in [-0.39, 0.29) is 17.3 Å². The standard InChI is InChI=1S/C27H22N2O4/c1-18(30)29-23-10-5-19(6-11-23)7-12-25(31)21-3-2-4-24(16-21)28-17-20-8-13-26-22(15-20)9-14-27(32)33-26/h2-16,28H,17H2,1H3,(H,29,30)/b12-7+. The Bertz CT molecular complexity index is 1400. The van der Waals surface area contributed by atoms with Crippen molar-refractivity contribution in [2.24, 2.45) is 0 Å². The molecule has 1 heterocycles. The Morgan fingerprint density at radius 3 is 2.52 bits per heavy atom. The highest BCUT2D eigenvalue weighted by Gasteiger charge is 2.04. The predicted octanol–water partition coefficient (Wildman–Crippen LogP) is 5.26. The van der Waals surface area contributed by atoms with Crippen molar-refractivity contribution in [3.05, 3.63) is 112 Å². The molecule has 4 rings (SSSR count). The molecule has 0 aliphatic rings. The molecule has 0 bridgehead atoms. The predicted molar refractivity (Wildman–Crippen MR) is 130 cm³/mol. The van der Waals surface area contributed by atoms with Gasteiger partial charge < -0.3 is 15.1 Å². The number of ketones is 1. The molecule has 33 heavy (non-hydrogen) atoms. The average Bonchev–Trinajstić information content (AvgIpc) is 2.82. The van der Waals surface area contributed by atoms with Gasteiger partial charge >= 0.3 is 5.63 Å². The molecule has 0 saturated heterocycles. The number of hydrogen-bond acceptors (Lipinski definition) is 5. The van der Waals surface area contributed by atoms with E-state index in [0.29, 0.717) is 23.4 Å². The van der Waals surface area contributed by atoms with Crippen molar-refractivity contribution in [3.63, 3.8) is 0 Å². The topological polar surface area (TPSA) is 88.4 Å². The minimum atomic E-state index is -0.370. The first-order valence-electron chi connectivity index (χ1n) is 10.4. The first-order valence-corrected chi connectivity index (χ1v) is 10.4. The van der Waals surface area contributed by atoms with E-state index >= 15 is 0 Å². The summed E-state index contributed by atoms with van der Waals surface area (Å²) in [4.78, 5) is 35.0. The molecule has 6 nitrogen and oxygen atoms in total. The molecule has 0 atom stereocenters. The third kappa shape index (κ3) is 5.83. The summed E-state index contributed by atoms with van der Waals surface area (Å²) in [5.74, 6) is -0.235. The molecular formula is C27H22N2O4. The SMILES string of the molecule is CC(=O)Nc1ccc(/C=C/C(=O)c2cccc(NCc3ccc4oc(=O)ccc4c3)c2)cc1. The second-order valence-corrected chi connectivity index (χ2v) is 7.56. The lowest BCUT2D eigenvalue weighted by molar-refractivity contribution is -0.114. The van der Waals surface area contributed by atoms with Gasteiger partial charge in [-0.15, -0.1) is 0 Å². The van der Waals surface area contributed by atoms with Gasteiger partial charge in [-0.25, -0.2) is 4.79 Å². The van der Waals surface area contributed by atoms with Crippen LogP contribution in [0.2, 0.25) is 0 Å². The zero-order valence-electron chi connectivity index (χ0n) is 18.0. The maximum absolute atomic E-state index is 12.6. The molecule has 6 heteroatoms. The van der Waals surface area contributed by atoms with Crippen molar-refractivity contribution < 1.29 is 14.0 Å². The first kappa shape index (κ1) is 21.8. The van der Waals surface area contributed by atoms with E-state index in [1.807, 2.05) is 42.5 Å².